The summed E-state index contributed by atoms with van der Waals surface area (Å²) in [6, 6.07) is 9.87. The molecule has 2 rings (SSSR count). The molecule has 16 heavy (non-hydrogen) atoms. The van der Waals surface area contributed by atoms with Gasteiger partial charge < -0.3 is 0 Å². The van der Waals surface area contributed by atoms with Crippen molar-refractivity contribution in [3.63, 3.8) is 0 Å². The topological polar surface area (TPSA) is 60.7 Å². The Balaban J connectivity index is 2.06. The Morgan fingerprint density at radius 1 is 1.31 bits per heavy atom. The van der Waals surface area contributed by atoms with Gasteiger partial charge in [-0.1, -0.05) is 30.3 Å². The number of hydrogen-bond acceptors (Lipinski definition) is 4. The van der Waals surface area contributed by atoms with Gasteiger partial charge in [0.25, 0.3) is 0 Å². The highest BCUT2D eigenvalue weighted by molar-refractivity contribution is 5.77. The van der Waals surface area contributed by atoms with E-state index in [4.69, 9.17) is 0 Å². The van der Waals surface area contributed by atoms with Gasteiger partial charge in [-0.25, -0.2) is 0 Å². The first-order chi connectivity index (χ1) is 7.74. The van der Waals surface area contributed by atoms with E-state index in [0.717, 1.165) is 5.56 Å². The molecule has 2 aromatic rings. The molecule has 0 N–H and O–H groups in total. The number of Topliss-reactive ketones (excluding diaryl/α,β-unsaturated/α-hetero) is 1. The summed E-state index contributed by atoms with van der Waals surface area (Å²) in [5.41, 5.74) is 1.11. The molecule has 1 aromatic heterocycles. The first kappa shape index (κ1) is 10.5. The third-order valence-electron chi connectivity index (χ3n) is 2.07. The average molecular weight is 216 g/mol. The number of nitrogens with zero attached hydrogens (tertiary/aromatic N) is 4. The molecule has 0 atom stereocenters. The van der Waals surface area contributed by atoms with E-state index in [1.165, 1.54) is 11.7 Å². The van der Waals surface area contributed by atoms with E-state index in [1.54, 1.807) is 0 Å². The van der Waals surface area contributed by atoms with Gasteiger partial charge in [-0.2, -0.15) is 4.80 Å². The molecule has 0 spiro atoms. The lowest BCUT2D eigenvalue weighted by Crippen LogP contribution is -2.05. The Labute approximate surface area is 93.1 Å². The molecule has 0 aliphatic rings. The van der Waals surface area contributed by atoms with Crippen LogP contribution in [0.3, 0.4) is 0 Å². The van der Waals surface area contributed by atoms with Crippen LogP contribution in [0.15, 0.2) is 30.3 Å². The zero-order chi connectivity index (χ0) is 11.4. The van der Waals surface area contributed by atoms with E-state index in [-0.39, 0.29) is 12.2 Å². The molecule has 0 saturated carbocycles. The van der Waals surface area contributed by atoms with Crippen molar-refractivity contribution in [1.82, 2.24) is 20.2 Å². The number of carbonyl (C=O) groups excluding carboxylic acids is 1. The number of aromatic nitrogens is 4. The molecule has 0 unspecified atom stereocenters. The summed E-state index contributed by atoms with van der Waals surface area (Å²) in [5.74, 6) is 0.516. The van der Waals surface area contributed by atoms with E-state index < -0.39 is 0 Å². The Morgan fingerprint density at radius 3 is 2.75 bits per heavy atom. The third kappa shape index (κ3) is 2.73. The van der Waals surface area contributed by atoms with Gasteiger partial charge in [0.05, 0.1) is 13.0 Å². The normalized spacial score (nSPS) is 10.3. The molecule has 5 nitrogen and oxygen atoms in total. The number of carbonyl (C=O) groups is 1. The van der Waals surface area contributed by atoms with Crippen LogP contribution in [-0.4, -0.2) is 26.0 Å². The number of hydrogen-bond donors (Lipinski definition) is 0. The standard InChI is InChI=1S/C11H12N4O/c1-9(16)7-11-12-14-15(13-11)8-10-5-3-2-4-6-10/h2-6H,7-8H2,1H3. The molecule has 1 heterocycles. The molecule has 0 bridgehead atoms. The van der Waals surface area contributed by atoms with Crippen LogP contribution in [0.4, 0.5) is 0 Å². The fourth-order valence-electron chi connectivity index (χ4n) is 1.38. The molecule has 0 aliphatic carbocycles. The first-order valence-electron chi connectivity index (χ1n) is 5.04. The quantitative estimate of drug-likeness (QED) is 0.760. The summed E-state index contributed by atoms with van der Waals surface area (Å²) < 4.78 is 0. The molecule has 82 valence electrons. The van der Waals surface area contributed by atoms with Gasteiger partial charge >= 0.3 is 0 Å². The molecule has 0 saturated heterocycles. The van der Waals surface area contributed by atoms with Crippen molar-refractivity contribution in [3.8, 4) is 0 Å². The van der Waals surface area contributed by atoms with Crippen molar-refractivity contribution in [1.29, 1.82) is 0 Å². The fourth-order valence-corrected chi connectivity index (χ4v) is 1.38. The second-order valence-electron chi connectivity index (χ2n) is 3.60. The maximum absolute atomic E-state index is 10.9. The van der Waals surface area contributed by atoms with E-state index >= 15 is 0 Å². The van der Waals surface area contributed by atoms with Gasteiger partial charge in [0.15, 0.2) is 5.82 Å². The molecule has 0 fully saturated rings. The maximum atomic E-state index is 10.9. The number of tetrazole rings is 1. The second-order valence-corrected chi connectivity index (χ2v) is 3.60. The minimum Gasteiger partial charge on any atom is -0.300 e. The van der Waals surface area contributed by atoms with Crippen LogP contribution in [0.1, 0.15) is 18.3 Å². The predicted molar refractivity (Wildman–Crippen MR) is 57.7 cm³/mol. The second kappa shape index (κ2) is 4.65. The van der Waals surface area contributed by atoms with Crippen LogP contribution in [-0.2, 0) is 17.8 Å². The Hall–Kier alpha value is -2.04. The van der Waals surface area contributed by atoms with E-state index in [2.05, 4.69) is 15.4 Å². The van der Waals surface area contributed by atoms with Crippen molar-refractivity contribution in [2.45, 2.75) is 19.9 Å². The molecular weight excluding hydrogens is 204 g/mol. The van der Waals surface area contributed by atoms with Gasteiger partial charge in [0, 0.05) is 0 Å². The number of ketones is 1. The lowest BCUT2D eigenvalue weighted by Gasteiger charge is -1.97. The zero-order valence-corrected chi connectivity index (χ0v) is 9.00. The fraction of sp³-hybridized carbons (Fsp3) is 0.273. The highest BCUT2D eigenvalue weighted by Crippen LogP contribution is 2.00. The van der Waals surface area contributed by atoms with Crippen LogP contribution in [0.25, 0.3) is 0 Å². The lowest BCUT2D eigenvalue weighted by molar-refractivity contribution is -0.116. The smallest absolute Gasteiger partial charge is 0.182 e. The Bertz CT molecular complexity index is 478. The Kier molecular flexibility index (Phi) is 3.05. The largest absolute Gasteiger partial charge is 0.300 e. The summed E-state index contributed by atoms with van der Waals surface area (Å²) >= 11 is 0. The van der Waals surface area contributed by atoms with Crippen LogP contribution in [0, 0.1) is 0 Å². The van der Waals surface area contributed by atoms with Gasteiger partial charge in [-0.05, 0) is 17.7 Å². The van der Waals surface area contributed by atoms with Gasteiger partial charge in [0.1, 0.15) is 5.78 Å². The van der Waals surface area contributed by atoms with E-state index in [1.807, 2.05) is 30.3 Å². The summed E-state index contributed by atoms with van der Waals surface area (Å²) in [5, 5.41) is 11.8. The molecule has 5 heteroatoms. The SMILES string of the molecule is CC(=O)Cc1nnn(Cc2ccccc2)n1. The third-order valence-corrected chi connectivity index (χ3v) is 2.07. The predicted octanol–water partition coefficient (Wildman–Crippen LogP) is 0.853. The highest BCUT2D eigenvalue weighted by Gasteiger charge is 2.05. The van der Waals surface area contributed by atoms with Crippen molar-refractivity contribution < 1.29 is 4.79 Å². The maximum Gasteiger partial charge on any atom is 0.182 e. The summed E-state index contributed by atoms with van der Waals surface area (Å²) in [6.07, 6.45) is 0.245. The van der Waals surface area contributed by atoms with Crippen molar-refractivity contribution in [3.05, 3.63) is 41.7 Å². The van der Waals surface area contributed by atoms with Crippen molar-refractivity contribution >= 4 is 5.78 Å². The van der Waals surface area contributed by atoms with Gasteiger partial charge in [0.2, 0.25) is 0 Å². The summed E-state index contributed by atoms with van der Waals surface area (Å²) in [4.78, 5) is 12.4. The molecule has 1 aromatic carbocycles. The monoisotopic (exact) mass is 216 g/mol. The van der Waals surface area contributed by atoms with Gasteiger partial charge in [-0.15, -0.1) is 10.2 Å². The lowest BCUT2D eigenvalue weighted by atomic mass is 10.2. The highest BCUT2D eigenvalue weighted by atomic mass is 16.1. The van der Waals surface area contributed by atoms with Crippen LogP contribution in [0.2, 0.25) is 0 Å². The first-order valence-corrected chi connectivity index (χ1v) is 5.04. The minimum atomic E-state index is 0.0410. The Morgan fingerprint density at radius 2 is 2.06 bits per heavy atom. The minimum absolute atomic E-state index is 0.0410. The van der Waals surface area contributed by atoms with Crippen LogP contribution >= 0.6 is 0 Å². The van der Waals surface area contributed by atoms with E-state index in [9.17, 15) is 4.79 Å². The average Bonchev–Trinajstić information content (AvgIpc) is 2.66. The van der Waals surface area contributed by atoms with Gasteiger partial charge in [-0.3, -0.25) is 4.79 Å². The van der Waals surface area contributed by atoms with E-state index in [0.29, 0.717) is 12.4 Å². The van der Waals surface area contributed by atoms with Crippen molar-refractivity contribution in [2.24, 2.45) is 0 Å². The molecule has 0 aliphatic heterocycles. The summed E-state index contributed by atoms with van der Waals surface area (Å²) in [6.45, 7) is 2.09. The number of benzene rings is 1. The molecule has 0 amide bonds. The summed E-state index contributed by atoms with van der Waals surface area (Å²) in [7, 11) is 0. The van der Waals surface area contributed by atoms with Crippen LogP contribution < -0.4 is 0 Å². The van der Waals surface area contributed by atoms with Crippen LogP contribution in [0.5, 0.6) is 0 Å². The zero-order valence-electron chi connectivity index (χ0n) is 9.00. The molecule has 0 radical (unpaired) electrons. The number of rotatable bonds is 4. The van der Waals surface area contributed by atoms with Crippen molar-refractivity contribution in [2.75, 3.05) is 0 Å². The molecular formula is C11H12N4O.